The smallest absolute Gasteiger partial charge is 0.326 e. The van der Waals surface area contributed by atoms with Gasteiger partial charge in [0.2, 0.25) is 5.91 Å². The Morgan fingerprint density at radius 2 is 2.07 bits per heavy atom. The first-order valence-corrected chi connectivity index (χ1v) is 4.93. The van der Waals surface area contributed by atoms with Crippen LogP contribution in [0.5, 0.6) is 0 Å². The second-order valence-electron chi connectivity index (χ2n) is 3.79. The van der Waals surface area contributed by atoms with E-state index in [0.717, 1.165) is 0 Å². The van der Waals surface area contributed by atoms with E-state index < -0.39 is 12.0 Å². The minimum Gasteiger partial charge on any atom is -0.480 e. The van der Waals surface area contributed by atoms with Crippen molar-refractivity contribution in [3.05, 3.63) is 0 Å². The number of rotatable bonds is 6. The molecule has 0 aromatic carbocycles. The molecule has 0 radical (unpaired) electrons. The molecule has 4 heteroatoms. The predicted molar refractivity (Wildman–Crippen MR) is 57.1 cm³/mol. The van der Waals surface area contributed by atoms with Crippen molar-refractivity contribution in [3.8, 4) is 12.3 Å². The van der Waals surface area contributed by atoms with Crippen LogP contribution >= 0.6 is 0 Å². The summed E-state index contributed by atoms with van der Waals surface area (Å²) in [6, 6.07) is -0.810. The van der Waals surface area contributed by atoms with Crippen molar-refractivity contribution in [1.29, 1.82) is 0 Å². The van der Waals surface area contributed by atoms with Gasteiger partial charge in [0.05, 0.1) is 0 Å². The lowest BCUT2D eigenvalue weighted by atomic mass is 10.0. The molecule has 0 heterocycles. The van der Waals surface area contributed by atoms with Gasteiger partial charge in [0.25, 0.3) is 0 Å². The molecule has 0 spiro atoms. The maximum absolute atomic E-state index is 11.2. The fourth-order valence-electron chi connectivity index (χ4n) is 1.15. The summed E-state index contributed by atoms with van der Waals surface area (Å²) in [4.78, 5) is 22.0. The van der Waals surface area contributed by atoms with Crippen LogP contribution in [-0.2, 0) is 9.59 Å². The number of terminal acetylenes is 1. The van der Waals surface area contributed by atoms with Gasteiger partial charge < -0.3 is 10.4 Å². The van der Waals surface area contributed by atoms with Crippen LogP contribution in [0.3, 0.4) is 0 Å². The monoisotopic (exact) mass is 211 g/mol. The Kier molecular flexibility index (Phi) is 6.19. The lowest BCUT2D eigenvalue weighted by molar-refractivity contribution is -0.142. The van der Waals surface area contributed by atoms with Crippen molar-refractivity contribution < 1.29 is 14.7 Å². The Bertz CT molecular complexity index is 265. The van der Waals surface area contributed by atoms with Crippen LogP contribution in [0.1, 0.15) is 33.1 Å². The molecule has 1 amide bonds. The number of carbonyl (C=O) groups is 2. The maximum Gasteiger partial charge on any atom is 0.326 e. The van der Waals surface area contributed by atoms with E-state index in [1.165, 1.54) is 0 Å². The molecule has 15 heavy (non-hydrogen) atoms. The van der Waals surface area contributed by atoms with E-state index in [0.29, 0.717) is 12.8 Å². The zero-order chi connectivity index (χ0) is 11.8. The molecule has 0 bridgehead atoms. The highest BCUT2D eigenvalue weighted by molar-refractivity contribution is 5.83. The van der Waals surface area contributed by atoms with Gasteiger partial charge >= 0.3 is 5.97 Å². The summed E-state index contributed by atoms with van der Waals surface area (Å²) in [5.74, 6) is 1.25. The number of carboxylic acids is 1. The summed E-state index contributed by atoms with van der Waals surface area (Å²) < 4.78 is 0. The first-order valence-electron chi connectivity index (χ1n) is 4.93. The molecule has 0 aliphatic carbocycles. The van der Waals surface area contributed by atoms with Gasteiger partial charge in [-0.05, 0) is 12.3 Å². The topological polar surface area (TPSA) is 66.4 Å². The van der Waals surface area contributed by atoms with Crippen LogP contribution < -0.4 is 5.32 Å². The van der Waals surface area contributed by atoms with Gasteiger partial charge in [0, 0.05) is 12.8 Å². The van der Waals surface area contributed by atoms with Crippen LogP contribution in [0, 0.1) is 18.3 Å². The molecule has 0 rings (SSSR count). The van der Waals surface area contributed by atoms with Crippen LogP contribution in [0.4, 0.5) is 0 Å². The van der Waals surface area contributed by atoms with Crippen molar-refractivity contribution in [2.75, 3.05) is 0 Å². The molecular formula is C11H17NO3. The van der Waals surface area contributed by atoms with Crippen LogP contribution in [0.2, 0.25) is 0 Å². The molecule has 0 saturated heterocycles. The minimum absolute atomic E-state index is 0.179. The first kappa shape index (κ1) is 13.5. The molecular weight excluding hydrogens is 194 g/mol. The number of amides is 1. The fourth-order valence-corrected chi connectivity index (χ4v) is 1.15. The van der Waals surface area contributed by atoms with E-state index in [1.807, 2.05) is 13.8 Å². The number of hydrogen-bond acceptors (Lipinski definition) is 2. The molecule has 4 nitrogen and oxygen atoms in total. The predicted octanol–water partition coefficient (Wildman–Crippen LogP) is 1.02. The SMILES string of the molecule is C#CCCC(=O)NC(CC(C)C)C(=O)O. The average molecular weight is 211 g/mol. The molecule has 84 valence electrons. The van der Waals surface area contributed by atoms with E-state index in [4.69, 9.17) is 11.5 Å². The van der Waals surface area contributed by atoms with Gasteiger partial charge in [-0.25, -0.2) is 4.79 Å². The number of hydrogen-bond donors (Lipinski definition) is 2. The molecule has 2 N–H and O–H groups in total. The standard InChI is InChI=1S/C11H17NO3/c1-4-5-6-10(13)12-9(11(14)15)7-8(2)3/h1,8-9H,5-7H2,2-3H3,(H,12,13)(H,14,15). The molecule has 0 aromatic heterocycles. The van der Waals surface area contributed by atoms with E-state index in [1.54, 1.807) is 0 Å². The molecule has 0 saturated carbocycles. The third kappa shape index (κ3) is 6.55. The lowest BCUT2D eigenvalue weighted by Crippen LogP contribution is -2.41. The molecule has 0 aromatic rings. The highest BCUT2D eigenvalue weighted by atomic mass is 16.4. The van der Waals surface area contributed by atoms with E-state index in [9.17, 15) is 9.59 Å². The Balaban J connectivity index is 4.12. The average Bonchev–Trinajstić information content (AvgIpc) is 2.12. The van der Waals surface area contributed by atoms with Crippen LogP contribution in [0.15, 0.2) is 0 Å². The molecule has 1 unspecified atom stereocenters. The van der Waals surface area contributed by atoms with Gasteiger partial charge in [0.15, 0.2) is 0 Å². The molecule has 1 atom stereocenters. The molecule has 0 fully saturated rings. The highest BCUT2D eigenvalue weighted by Crippen LogP contribution is 2.05. The zero-order valence-electron chi connectivity index (χ0n) is 9.12. The lowest BCUT2D eigenvalue weighted by Gasteiger charge is -2.15. The minimum atomic E-state index is -1.00. The quantitative estimate of drug-likeness (QED) is 0.644. The summed E-state index contributed by atoms with van der Waals surface area (Å²) in [7, 11) is 0. The number of nitrogens with one attached hydrogen (secondary N) is 1. The van der Waals surface area contributed by atoms with Gasteiger partial charge in [-0.3, -0.25) is 4.79 Å². The van der Waals surface area contributed by atoms with E-state index in [2.05, 4.69) is 11.2 Å². The zero-order valence-corrected chi connectivity index (χ0v) is 9.12. The van der Waals surface area contributed by atoms with Crippen LogP contribution in [0.25, 0.3) is 0 Å². The second-order valence-corrected chi connectivity index (χ2v) is 3.79. The van der Waals surface area contributed by atoms with Crippen molar-refractivity contribution in [3.63, 3.8) is 0 Å². The molecule has 0 aliphatic heterocycles. The Morgan fingerprint density at radius 3 is 2.47 bits per heavy atom. The van der Waals surface area contributed by atoms with Crippen molar-refractivity contribution >= 4 is 11.9 Å². The van der Waals surface area contributed by atoms with Crippen molar-refractivity contribution in [2.45, 2.75) is 39.2 Å². The molecule has 0 aliphatic rings. The summed E-state index contributed by atoms with van der Waals surface area (Å²) in [5.41, 5.74) is 0. The third-order valence-electron chi connectivity index (χ3n) is 1.84. The summed E-state index contributed by atoms with van der Waals surface area (Å²) in [5, 5.41) is 11.3. The van der Waals surface area contributed by atoms with Gasteiger partial charge in [-0.15, -0.1) is 12.3 Å². The summed E-state index contributed by atoms with van der Waals surface area (Å²) in [6.45, 7) is 3.81. The van der Waals surface area contributed by atoms with Crippen molar-refractivity contribution in [1.82, 2.24) is 5.32 Å². The fraction of sp³-hybridized carbons (Fsp3) is 0.636. The Hall–Kier alpha value is -1.50. The Labute approximate surface area is 90.1 Å². The summed E-state index contributed by atoms with van der Waals surface area (Å²) >= 11 is 0. The van der Waals surface area contributed by atoms with Crippen molar-refractivity contribution in [2.24, 2.45) is 5.92 Å². The highest BCUT2D eigenvalue weighted by Gasteiger charge is 2.20. The van der Waals surface area contributed by atoms with Gasteiger partial charge in [-0.1, -0.05) is 13.8 Å². The second kappa shape index (κ2) is 6.88. The first-order chi connectivity index (χ1) is 6.97. The maximum atomic E-state index is 11.2. The van der Waals surface area contributed by atoms with E-state index in [-0.39, 0.29) is 18.2 Å². The van der Waals surface area contributed by atoms with Gasteiger partial charge in [-0.2, -0.15) is 0 Å². The van der Waals surface area contributed by atoms with Gasteiger partial charge in [0.1, 0.15) is 6.04 Å². The largest absolute Gasteiger partial charge is 0.480 e. The number of carboxylic acid groups (broad SMARTS) is 1. The van der Waals surface area contributed by atoms with Crippen LogP contribution in [-0.4, -0.2) is 23.0 Å². The number of aliphatic carboxylic acids is 1. The number of carbonyl (C=O) groups excluding carboxylic acids is 1. The third-order valence-corrected chi connectivity index (χ3v) is 1.84. The van der Waals surface area contributed by atoms with E-state index >= 15 is 0 Å². The summed E-state index contributed by atoms with van der Waals surface area (Å²) in [6.07, 6.45) is 5.94. The normalized spacial score (nSPS) is 11.9. The Morgan fingerprint density at radius 1 is 1.47 bits per heavy atom.